The van der Waals surface area contributed by atoms with E-state index in [-0.39, 0.29) is 0 Å². The van der Waals surface area contributed by atoms with E-state index in [0.29, 0.717) is 6.07 Å². The molecule has 1 rings (SSSR count). The number of aromatic hydroxyl groups is 1. The number of carbonyl (C=O) groups excluding carboxylic acids is 1. The Morgan fingerprint density at radius 1 is 1.57 bits per heavy atom. The lowest BCUT2D eigenvalue weighted by Crippen LogP contribution is -2.08. The van der Waals surface area contributed by atoms with E-state index in [4.69, 9.17) is 10.8 Å². The molecule has 0 bridgehead atoms. The Morgan fingerprint density at radius 3 is 2.64 bits per heavy atom. The Labute approximate surface area is 77.9 Å². The van der Waals surface area contributed by atoms with Gasteiger partial charge in [-0.3, -0.25) is 0 Å². The molecule has 0 saturated heterocycles. The van der Waals surface area contributed by atoms with Crippen molar-refractivity contribution in [3.05, 3.63) is 23.3 Å². The average molecular weight is 203 g/mol. The van der Waals surface area contributed by atoms with Crippen LogP contribution >= 0.6 is 0 Å². The van der Waals surface area contributed by atoms with Gasteiger partial charge in [0.15, 0.2) is 17.4 Å². The van der Waals surface area contributed by atoms with Gasteiger partial charge in [0.2, 0.25) is 0 Å². The molecule has 4 nitrogen and oxygen atoms in total. The summed E-state index contributed by atoms with van der Waals surface area (Å²) < 4.78 is 29.9. The fraction of sp³-hybridized carbons (Fsp3) is 0.125. The summed E-state index contributed by atoms with van der Waals surface area (Å²) >= 11 is 0. The normalized spacial score (nSPS) is 9.93. The molecule has 0 aliphatic carbocycles. The molecular weight excluding hydrogens is 196 g/mol. The van der Waals surface area contributed by atoms with E-state index in [1.807, 2.05) is 0 Å². The molecule has 6 heteroatoms. The molecule has 14 heavy (non-hydrogen) atoms. The van der Waals surface area contributed by atoms with Crippen molar-refractivity contribution in [3.8, 4) is 5.75 Å². The number of hydrogen-bond acceptors (Lipinski definition) is 4. The molecule has 0 radical (unpaired) electrons. The highest BCUT2D eigenvalue weighted by molar-refractivity contribution is 5.95. The molecular formula is C8H7F2NO3. The Hall–Kier alpha value is -1.85. The molecule has 1 aromatic rings. The van der Waals surface area contributed by atoms with E-state index in [1.165, 1.54) is 0 Å². The third kappa shape index (κ3) is 1.46. The van der Waals surface area contributed by atoms with Crippen molar-refractivity contribution in [1.29, 1.82) is 0 Å². The third-order valence-corrected chi connectivity index (χ3v) is 1.64. The minimum absolute atomic E-state index is 0.458. The first-order chi connectivity index (χ1) is 6.49. The monoisotopic (exact) mass is 203 g/mol. The number of halogens is 2. The van der Waals surface area contributed by atoms with Crippen molar-refractivity contribution in [2.45, 2.75) is 0 Å². The van der Waals surface area contributed by atoms with Gasteiger partial charge in [-0.25, -0.2) is 13.6 Å². The largest absolute Gasteiger partial charge is 0.503 e. The minimum Gasteiger partial charge on any atom is -0.503 e. The van der Waals surface area contributed by atoms with E-state index in [9.17, 15) is 13.6 Å². The number of nitrogens with two attached hydrogens (primary N) is 1. The molecule has 0 spiro atoms. The van der Waals surface area contributed by atoms with Gasteiger partial charge in [-0.05, 0) is 6.07 Å². The maximum Gasteiger partial charge on any atom is 0.340 e. The number of phenolic OH excluding ortho intramolecular Hbond substituents is 1. The van der Waals surface area contributed by atoms with Gasteiger partial charge in [-0.15, -0.1) is 0 Å². The molecule has 0 amide bonds. The Morgan fingerprint density at radius 2 is 2.14 bits per heavy atom. The first-order valence-corrected chi connectivity index (χ1v) is 3.53. The molecule has 0 saturated carbocycles. The van der Waals surface area contributed by atoms with Gasteiger partial charge < -0.3 is 15.6 Å². The number of phenols is 1. The van der Waals surface area contributed by atoms with Crippen molar-refractivity contribution >= 4 is 11.7 Å². The quantitative estimate of drug-likeness (QED) is 0.528. The number of esters is 1. The third-order valence-electron chi connectivity index (χ3n) is 1.64. The standard InChI is InChI=1S/C8H7F2NO3/c1-14-8(13)3-2-4(9)7(12)5(10)6(3)11/h2,12H,11H2,1H3. The van der Waals surface area contributed by atoms with Gasteiger partial charge >= 0.3 is 5.97 Å². The van der Waals surface area contributed by atoms with Gasteiger partial charge in [0.25, 0.3) is 0 Å². The molecule has 0 aromatic heterocycles. The second-order valence-corrected chi connectivity index (χ2v) is 2.47. The summed E-state index contributed by atoms with van der Waals surface area (Å²) in [6.07, 6.45) is 0. The molecule has 0 fully saturated rings. The number of nitrogen functional groups attached to an aromatic ring is 1. The van der Waals surface area contributed by atoms with Gasteiger partial charge in [-0.1, -0.05) is 0 Å². The van der Waals surface area contributed by atoms with Crippen LogP contribution in [0, 0.1) is 11.6 Å². The second-order valence-electron chi connectivity index (χ2n) is 2.47. The average Bonchev–Trinajstić information content (AvgIpc) is 2.19. The number of carbonyl (C=O) groups is 1. The number of hydrogen-bond donors (Lipinski definition) is 2. The van der Waals surface area contributed by atoms with E-state index < -0.39 is 34.6 Å². The summed E-state index contributed by atoms with van der Waals surface area (Å²) in [5.74, 6) is -4.82. The van der Waals surface area contributed by atoms with E-state index >= 15 is 0 Å². The smallest absolute Gasteiger partial charge is 0.340 e. The van der Waals surface area contributed by atoms with Gasteiger partial charge in [-0.2, -0.15) is 0 Å². The first kappa shape index (κ1) is 10.2. The van der Waals surface area contributed by atoms with Crippen LogP contribution < -0.4 is 5.73 Å². The number of ether oxygens (including phenoxy) is 1. The van der Waals surface area contributed by atoms with Crippen molar-refractivity contribution in [3.63, 3.8) is 0 Å². The Kier molecular flexibility index (Phi) is 2.55. The van der Waals surface area contributed by atoms with Crippen LogP contribution in [0.4, 0.5) is 14.5 Å². The second kappa shape index (κ2) is 3.49. The summed E-state index contributed by atoms with van der Waals surface area (Å²) in [5.41, 5.74) is 4.03. The van der Waals surface area contributed by atoms with Gasteiger partial charge in [0.1, 0.15) is 0 Å². The predicted octanol–water partition coefficient (Wildman–Crippen LogP) is 1.04. The molecule has 0 unspecified atom stereocenters. The summed E-state index contributed by atoms with van der Waals surface area (Å²) in [4.78, 5) is 10.9. The summed E-state index contributed by atoms with van der Waals surface area (Å²) in [7, 11) is 1.05. The number of rotatable bonds is 1. The number of anilines is 1. The van der Waals surface area contributed by atoms with Crippen LogP contribution in [0.15, 0.2) is 6.07 Å². The van der Waals surface area contributed by atoms with E-state index in [0.717, 1.165) is 7.11 Å². The summed E-state index contributed by atoms with van der Waals surface area (Å²) in [6.45, 7) is 0. The van der Waals surface area contributed by atoms with Crippen LogP contribution in [0.3, 0.4) is 0 Å². The van der Waals surface area contributed by atoms with Crippen molar-refractivity contribution in [2.24, 2.45) is 0 Å². The van der Waals surface area contributed by atoms with Crippen LogP contribution in [0.5, 0.6) is 5.75 Å². The van der Waals surface area contributed by atoms with Crippen LogP contribution in [-0.4, -0.2) is 18.2 Å². The maximum absolute atomic E-state index is 12.9. The zero-order chi connectivity index (χ0) is 10.9. The van der Waals surface area contributed by atoms with Crippen molar-refractivity contribution < 1.29 is 23.4 Å². The van der Waals surface area contributed by atoms with Crippen LogP contribution in [0.2, 0.25) is 0 Å². The fourth-order valence-corrected chi connectivity index (χ4v) is 0.902. The Balaban J connectivity index is 3.40. The highest BCUT2D eigenvalue weighted by Gasteiger charge is 2.20. The highest BCUT2D eigenvalue weighted by Crippen LogP contribution is 2.28. The molecule has 0 atom stereocenters. The molecule has 0 aliphatic heterocycles. The zero-order valence-electron chi connectivity index (χ0n) is 7.17. The molecule has 1 aromatic carbocycles. The summed E-state index contributed by atoms with van der Waals surface area (Å²) in [6, 6.07) is 0.611. The van der Waals surface area contributed by atoms with Crippen LogP contribution in [0.25, 0.3) is 0 Å². The highest BCUT2D eigenvalue weighted by atomic mass is 19.1. The minimum atomic E-state index is -1.37. The lowest BCUT2D eigenvalue weighted by molar-refractivity contribution is 0.0601. The van der Waals surface area contributed by atoms with Crippen molar-refractivity contribution in [1.82, 2.24) is 0 Å². The number of methoxy groups -OCH3 is 1. The van der Waals surface area contributed by atoms with E-state index in [2.05, 4.69) is 4.74 Å². The zero-order valence-corrected chi connectivity index (χ0v) is 7.17. The molecule has 3 N–H and O–H groups in total. The maximum atomic E-state index is 12.9. The van der Waals surface area contributed by atoms with Crippen molar-refractivity contribution in [2.75, 3.05) is 12.8 Å². The Bertz CT molecular complexity index is 393. The SMILES string of the molecule is COC(=O)c1cc(F)c(O)c(F)c1N. The predicted molar refractivity (Wildman–Crippen MR) is 43.8 cm³/mol. The number of benzene rings is 1. The topological polar surface area (TPSA) is 72.5 Å². The molecule has 0 heterocycles. The van der Waals surface area contributed by atoms with Gasteiger partial charge in [0, 0.05) is 0 Å². The molecule has 76 valence electrons. The summed E-state index contributed by atoms with van der Waals surface area (Å²) in [5, 5.41) is 8.78. The van der Waals surface area contributed by atoms with Crippen LogP contribution in [-0.2, 0) is 4.74 Å². The lowest BCUT2D eigenvalue weighted by atomic mass is 10.1. The molecule has 0 aliphatic rings. The first-order valence-electron chi connectivity index (χ1n) is 3.53. The lowest BCUT2D eigenvalue weighted by Gasteiger charge is -2.06. The van der Waals surface area contributed by atoms with Gasteiger partial charge in [0.05, 0.1) is 18.4 Å². The van der Waals surface area contributed by atoms with Crippen LogP contribution in [0.1, 0.15) is 10.4 Å². The fourth-order valence-electron chi connectivity index (χ4n) is 0.902. The van der Waals surface area contributed by atoms with E-state index in [1.54, 1.807) is 0 Å².